The molecule has 0 unspecified atom stereocenters. The minimum Gasteiger partial charge on any atom is -0.478 e. The summed E-state index contributed by atoms with van der Waals surface area (Å²) in [7, 11) is 0. The van der Waals surface area contributed by atoms with Gasteiger partial charge in [0, 0.05) is 43.7 Å². The first-order valence-corrected chi connectivity index (χ1v) is 10.3. The van der Waals surface area contributed by atoms with Gasteiger partial charge < -0.3 is 15.1 Å². The molecular weight excluding hydrogens is 390 g/mol. The summed E-state index contributed by atoms with van der Waals surface area (Å²) in [5, 5.41) is 21.7. The molecule has 1 aliphatic rings. The van der Waals surface area contributed by atoms with E-state index in [2.05, 4.69) is 4.90 Å². The molecule has 1 saturated heterocycles. The summed E-state index contributed by atoms with van der Waals surface area (Å²) < 4.78 is 0. The minimum absolute atomic E-state index is 0.275. The number of hydrogen-bond acceptors (Lipinski definition) is 6. The molecule has 1 amide bonds. The van der Waals surface area contributed by atoms with Crippen LogP contribution in [0.2, 0.25) is 0 Å². The van der Waals surface area contributed by atoms with Gasteiger partial charge in [0.1, 0.15) is 6.61 Å². The van der Waals surface area contributed by atoms with E-state index in [1.807, 2.05) is 35.7 Å². The number of piperazine rings is 1. The number of rotatable bonds is 5. The molecule has 3 aromatic rings. The van der Waals surface area contributed by atoms with Crippen LogP contribution in [0.5, 0.6) is 0 Å². The summed E-state index contributed by atoms with van der Waals surface area (Å²) in [6.07, 6.45) is 0. The topological polar surface area (TPSA) is 94.0 Å². The number of carbonyl (C=O) groups is 2. The van der Waals surface area contributed by atoms with Crippen LogP contribution in [0.15, 0.2) is 41.8 Å². The summed E-state index contributed by atoms with van der Waals surface area (Å²) in [6.45, 7) is 2.20. The van der Waals surface area contributed by atoms with Crippen molar-refractivity contribution in [3.63, 3.8) is 0 Å². The van der Waals surface area contributed by atoms with Crippen LogP contribution in [0.4, 0.5) is 0 Å². The third-order valence-electron chi connectivity index (χ3n) is 5.20. The number of amides is 1. The first kappa shape index (κ1) is 19.5. The zero-order chi connectivity index (χ0) is 20.4. The zero-order valence-electron chi connectivity index (χ0n) is 15.7. The monoisotopic (exact) mass is 411 g/mol. The Labute approximate surface area is 171 Å². The van der Waals surface area contributed by atoms with Gasteiger partial charge in [-0.15, -0.1) is 11.3 Å². The van der Waals surface area contributed by atoms with Crippen LogP contribution in [0.1, 0.15) is 15.9 Å². The van der Waals surface area contributed by atoms with Crippen molar-refractivity contribution in [2.24, 2.45) is 0 Å². The number of fused-ring (bicyclic) bond motifs is 1. The van der Waals surface area contributed by atoms with Crippen LogP contribution < -0.4 is 0 Å². The highest BCUT2D eigenvalue weighted by Crippen LogP contribution is 2.33. The van der Waals surface area contributed by atoms with Crippen molar-refractivity contribution in [2.75, 3.05) is 32.8 Å². The highest BCUT2D eigenvalue weighted by atomic mass is 32.1. The van der Waals surface area contributed by atoms with Gasteiger partial charge in [-0.3, -0.25) is 9.69 Å². The number of aliphatic hydroxyl groups is 1. The van der Waals surface area contributed by atoms with Crippen molar-refractivity contribution in [3.8, 4) is 10.6 Å². The van der Waals surface area contributed by atoms with Gasteiger partial charge in [0.25, 0.3) is 0 Å². The molecule has 0 aliphatic carbocycles. The summed E-state index contributed by atoms with van der Waals surface area (Å²) in [4.78, 5) is 33.5. The molecule has 1 fully saturated rings. The van der Waals surface area contributed by atoms with Crippen molar-refractivity contribution in [1.29, 1.82) is 0 Å². The van der Waals surface area contributed by atoms with Crippen LogP contribution in [0, 0.1) is 0 Å². The Morgan fingerprint density at radius 1 is 1.07 bits per heavy atom. The molecule has 0 spiro atoms. The molecular formula is C21H21N3O4S. The predicted molar refractivity (Wildman–Crippen MR) is 111 cm³/mol. The number of para-hydroxylation sites is 1. The van der Waals surface area contributed by atoms with Crippen LogP contribution in [0.25, 0.3) is 21.5 Å². The molecule has 150 valence electrons. The number of hydrogen-bond donors (Lipinski definition) is 2. The van der Waals surface area contributed by atoms with E-state index < -0.39 is 12.6 Å². The lowest BCUT2D eigenvalue weighted by Crippen LogP contribution is -2.49. The third-order valence-corrected chi connectivity index (χ3v) is 6.08. The van der Waals surface area contributed by atoms with Crippen LogP contribution in [0.3, 0.4) is 0 Å². The van der Waals surface area contributed by atoms with Gasteiger partial charge >= 0.3 is 5.97 Å². The second-order valence-electron chi connectivity index (χ2n) is 6.93. The molecule has 0 saturated carbocycles. The van der Waals surface area contributed by atoms with E-state index in [4.69, 9.17) is 10.1 Å². The third kappa shape index (κ3) is 3.87. The highest BCUT2D eigenvalue weighted by molar-refractivity contribution is 7.13. The van der Waals surface area contributed by atoms with E-state index in [0.29, 0.717) is 54.9 Å². The van der Waals surface area contributed by atoms with E-state index >= 15 is 0 Å². The summed E-state index contributed by atoms with van der Waals surface area (Å²) in [5.74, 6) is -1.24. The van der Waals surface area contributed by atoms with E-state index in [0.717, 1.165) is 4.88 Å². The maximum absolute atomic E-state index is 12.3. The van der Waals surface area contributed by atoms with Gasteiger partial charge in [-0.2, -0.15) is 0 Å². The average Bonchev–Trinajstić information content (AvgIpc) is 3.27. The minimum atomic E-state index is -0.967. The number of carbonyl (C=O) groups excluding carboxylic acids is 1. The van der Waals surface area contributed by atoms with Gasteiger partial charge in [-0.25, -0.2) is 9.78 Å². The van der Waals surface area contributed by atoms with Gasteiger partial charge in [0.2, 0.25) is 5.91 Å². The summed E-state index contributed by atoms with van der Waals surface area (Å²) in [5.41, 5.74) is 2.34. The Hall–Kier alpha value is -2.81. The van der Waals surface area contributed by atoms with Gasteiger partial charge in [0.15, 0.2) is 0 Å². The smallest absolute Gasteiger partial charge is 0.336 e. The predicted octanol–water partition coefficient (Wildman–Crippen LogP) is 2.30. The number of nitrogens with zero attached hydrogens (tertiary/aromatic N) is 3. The summed E-state index contributed by atoms with van der Waals surface area (Å²) >= 11 is 1.53. The van der Waals surface area contributed by atoms with Crippen molar-refractivity contribution >= 4 is 34.1 Å². The molecule has 4 rings (SSSR count). The Bertz CT molecular complexity index is 1040. The number of thiophene rings is 1. The highest BCUT2D eigenvalue weighted by Gasteiger charge is 2.26. The summed E-state index contributed by atoms with van der Waals surface area (Å²) in [6, 6.07) is 11.2. The lowest BCUT2D eigenvalue weighted by Gasteiger charge is -2.35. The quantitative estimate of drug-likeness (QED) is 0.669. The molecule has 7 nitrogen and oxygen atoms in total. The van der Waals surface area contributed by atoms with Gasteiger partial charge in [-0.1, -0.05) is 24.3 Å². The molecule has 1 aromatic carbocycles. The van der Waals surface area contributed by atoms with E-state index in [9.17, 15) is 14.7 Å². The van der Waals surface area contributed by atoms with E-state index in [-0.39, 0.29) is 11.5 Å². The number of aliphatic hydroxyl groups excluding tert-OH is 1. The van der Waals surface area contributed by atoms with Crippen LogP contribution in [-0.2, 0) is 11.3 Å². The fourth-order valence-corrected chi connectivity index (χ4v) is 4.49. The fourth-order valence-electron chi connectivity index (χ4n) is 3.75. The Morgan fingerprint density at radius 2 is 1.83 bits per heavy atom. The molecule has 8 heteroatoms. The van der Waals surface area contributed by atoms with Crippen molar-refractivity contribution in [2.45, 2.75) is 6.54 Å². The lowest BCUT2D eigenvalue weighted by atomic mass is 9.98. The molecule has 2 N–H and O–H groups in total. The van der Waals surface area contributed by atoms with Gasteiger partial charge in [-0.05, 0) is 17.5 Å². The van der Waals surface area contributed by atoms with Crippen molar-refractivity contribution in [3.05, 3.63) is 52.9 Å². The Morgan fingerprint density at radius 3 is 2.48 bits per heavy atom. The Kier molecular flexibility index (Phi) is 5.57. The van der Waals surface area contributed by atoms with Crippen LogP contribution in [-0.4, -0.2) is 69.7 Å². The number of carboxylic acid groups (broad SMARTS) is 1. The second kappa shape index (κ2) is 8.28. The first-order valence-electron chi connectivity index (χ1n) is 9.38. The Balaban J connectivity index is 1.74. The van der Waals surface area contributed by atoms with E-state index in [1.54, 1.807) is 11.0 Å². The molecule has 29 heavy (non-hydrogen) atoms. The zero-order valence-corrected chi connectivity index (χ0v) is 16.6. The van der Waals surface area contributed by atoms with Crippen molar-refractivity contribution < 1.29 is 19.8 Å². The lowest BCUT2D eigenvalue weighted by molar-refractivity contribution is -0.135. The normalized spacial score (nSPS) is 15.0. The average molecular weight is 411 g/mol. The SMILES string of the molecule is O=C(O)c1c(CN2CCN(C(=O)CO)CC2)c(-c2cccs2)nc2ccccc12. The largest absolute Gasteiger partial charge is 0.478 e. The maximum atomic E-state index is 12.3. The molecule has 0 radical (unpaired) electrons. The molecule has 0 atom stereocenters. The fraction of sp³-hybridized carbons (Fsp3) is 0.286. The number of aromatic nitrogens is 1. The molecule has 3 heterocycles. The molecule has 0 bridgehead atoms. The van der Waals surface area contributed by atoms with E-state index in [1.165, 1.54) is 11.3 Å². The van der Waals surface area contributed by atoms with Gasteiger partial charge in [0.05, 0.1) is 21.7 Å². The first-order chi connectivity index (χ1) is 14.1. The molecule has 1 aliphatic heterocycles. The maximum Gasteiger partial charge on any atom is 0.336 e. The van der Waals surface area contributed by atoms with Crippen LogP contribution >= 0.6 is 11.3 Å². The number of carboxylic acids is 1. The molecule has 2 aromatic heterocycles. The number of benzene rings is 1. The standard InChI is InChI=1S/C21H21N3O4S/c25-13-18(26)24-9-7-23(8-10-24)12-15-19(21(27)28)14-4-1-2-5-16(14)22-20(15)17-6-3-11-29-17/h1-6,11,25H,7-10,12-13H2,(H,27,28). The van der Waals surface area contributed by atoms with Crippen molar-refractivity contribution in [1.82, 2.24) is 14.8 Å². The number of aromatic carboxylic acids is 1. The number of pyridine rings is 1. The second-order valence-corrected chi connectivity index (χ2v) is 7.88.